The van der Waals surface area contributed by atoms with Crippen molar-refractivity contribution in [2.75, 3.05) is 13.2 Å². The SMILES string of the molecule is C=C(C)C1CC[C@]2(NCCC3(O)CCC3)CC[C@]3(C)[C@H](CC[C@@H]4[C@@]5(C)CC=C(C6=CC[C@](CF)(C(=O)O)CC6)C(C)(C)[C@@H]5CC[C@]43C)[C@@H]12. The average molecular weight is 664 g/mol. The van der Waals surface area contributed by atoms with Crippen LogP contribution in [-0.4, -0.2) is 40.5 Å². The van der Waals surface area contributed by atoms with Gasteiger partial charge < -0.3 is 15.5 Å². The van der Waals surface area contributed by atoms with E-state index in [0.717, 1.165) is 32.2 Å². The van der Waals surface area contributed by atoms with Gasteiger partial charge in [-0.05, 0) is 179 Å². The second-order valence-electron chi connectivity index (χ2n) is 19.8. The Balaban J connectivity index is 1.16. The summed E-state index contributed by atoms with van der Waals surface area (Å²) in [4.78, 5) is 12.0. The second kappa shape index (κ2) is 11.5. The van der Waals surface area contributed by atoms with Crippen LogP contribution in [0.4, 0.5) is 4.39 Å². The molecule has 7 aliphatic rings. The first-order valence-corrected chi connectivity index (χ1v) is 19.8. The Morgan fingerprint density at radius 3 is 2.27 bits per heavy atom. The van der Waals surface area contributed by atoms with Gasteiger partial charge in [0.1, 0.15) is 6.67 Å². The van der Waals surface area contributed by atoms with Gasteiger partial charge in [0, 0.05) is 5.54 Å². The molecule has 5 heteroatoms. The lowest BCUT2D eigenvalue weighted by Gasteiger charge is -2.72. The van der Waals surface area contributed by atoms with E-state index in [-0.39, 0.29) is 27.2 Å². The predicted octanol–water partition coefficient (Wildman–Crippen LogP) is 9.98. The van der Waals surface area contributed by atoms with Crippen LogP contribution in [0, 0.1) is 56.7 Å². The van der Waals surface area contributed by atoms with Crippen LogP contribution in [0.3, 0.4) is 0 Å². The number of nitrogens with one attached hydrogen (secondary N) is 1. The minimum absolute atomic E-state index is 0.00347. The van der Waals surface area contributed by atoms with E-state index in [0.29, 0.717) is 48.9 Å². The van der Waals surface area contributed by atoms with Gasteiger partial charge in [0.05, 0.1) is 11.0 Å². The number of rotatable bonds is 8. The van der Waals surface area contributed by atoms with Crippen molar-refractivity contribution < 1.29 is 19.4 Å². The van der Waals surface area contributed by atoms with Crippen LogP contribution < -0.4 is 5.32 Å². The Morgan fingerprint density at radius 2 is 1.67 bits per heavy atom. The summed E-state index contributed by atoms with van der Waals surface area (Å²) in [7, 11) is 0. The zero-order valence-electron chi connectivity index (χ0n) is 31.2. The number of aliphatic carboxylic acids is 1. The molecule has 0 saturated heterocycles. The Kier molecular flexibility index (Phi) is 8.39. The minimum Gasteiger partial charge on any atom is -0.481 e. The molecule has 0 amide bonds. The Bertz CT molecular complexity index is 1390. The molecule has 268 valence electrons. The number of carboxylic acids is 1. The summed E-state index contributed by atoms with van der Waals surface area (Å²) < 4.78 is 13.9. The first-order valence-electron chi connectivity index (χ1n) is 19.8. The van der Waals surface area contributed by atoms with Crippen molar-refractivity contribution in [1.29, 1.82) is 0 Å². The number of hydrogen-bond donors (Lipinski definition) is 3. The monoisotopic (exact) mass is 664 g/mol. The van der Waals surface area contributed by atoms with Crippen LogP contribution in [-0.2, 0) is 4.79 Å². The molecule has 0 aromatic carbocycles. The van der Waals surface area contributed by atoms with E-state index in [1.54, 1.807) is 0 Å². The summed E-state index contributed by atoms with van der Waals surface area (Å²) >= 11 is 0. The number of allylic oxidation sites excluding steroid dienone is 5. The summed E-state index contributed by atoms with van der Waals surface area (Å²) in [6.07, 6.45) is 21.2. The first kappa shape index (κ1) is 35.0. The number of carboxylic acid groups (broad SMARTS) is 1. The third-order valence-electron chi connectivity index (χ3n) is 17.7. The van der Waals surface area contributed by atoms with Gasteiger partial charge in [0.2, 0.25) is 0 Å². The van der Waals surface area contributed by atoms with E-state index >= 15 is 0 Å². The molecule has 0 radical (unpaired) electrons. The zero-order valence-corrected chi connectivity index (χ0v) is 31.2. The number of halogens is 1. The largest absolute Gasteiger partial charge is 0.481 e. The lowest BCUT2D eigenvalue weighted by atomic mass is 9.33. The number of fused-ring (bicyclic) bond motifs is 7. The molecule has 0 aromatic rings. The van der Waals surface area contributed by atoms with E-state index in [2.05, 4.69) is 65.6 Å². The third-order valence-corrected chi connectivity index (χ3v) is 17.7. The highest BCUT2D eigenvalue weighted by Crippen LogP contribution is 2.76. The highest BCUT2D eigenvalue weighted by Gasteiger charge is 2.70. The quantitative estimate of drug-likeness (QED) is 0.226. The summed E-state index contributed by atoms with van der Waals surface area (Å²) in [5.41, 5.74) is 3.38. The third kappa shape index (κ3) is 4.81. The molecule has 10 atom stereocenters. The highest BCUT2D eigenvalue weighted by atomic mass is 19.1. The topological polar surface area (TPSA) is 69.6 Å². The average Bonchev–Trinajstić information content (AvgIpc) is 3.40. The van der Waals surface area contributed by atoms with Gasteiger partial charge in [-0.1, -0.05) is 58.9 Å². The maximum atomic E-state index is 13.9. The maximum Gasteiger partial charge on any atom is 0.312 e. The van der Waals surface area contributed by atoms with Crippen molar-refractivity contribution in [3.05, 3.63) is 35.5 Å². The predicted molar refractivity (Wildman–Crippen MR) is 192 cm³/mol. The fraction of sp³-hybridized carbons (Fsp3) is 0.837. The van der Waals surface area contributed by atoms with Crippen LogP contribution >= 0.6 is 0 Å². The van der Waals surface area contributed by atoms with E-state index in [4.69, 9.17) is 0 Å². The molecular weight excluding hydrogens is 597 g/mol. The van der Waals surface area contributed by atoms with Crippen LogP contribution in [0.5, 0.6) is 0 Å². The Hall–Kier alpha value is -1.46. The van der Waals surface area contributed by atoms with Gasteiger partial charge in [-0.3, -0.25) is 4.79 Å². The van der Waals surface area contributed by atoms with E-state index in [1.165, 1.54) is 74.5 Å². The van der Waals surface area contributed by atoms with Crippen molar-refractivity contribution in [2.45, 2.75) is 155 Å². The van der Waals surface area contributed by atoms with Crippen LogP contribution in [0.1, 0.15) is 144 Å². The van der Waals surface area contributed by atoms with Crippen molar-refractivity contribution in [1.82, 2.24) is 5.32 Å². The summed E-state index contributed by atoms with van der Waals surface area (Å²) in [6, 6.07) is 0. The van der Waals surface area contributed by atoms with Crippen molar-refractivity contribution in [2.24, 2.45) is 56.7 Å². The fourth-order valence-electron chi connectivity index (χ4n) is 14.5. The van der Waals surface area contributed by atoms with Crippen LogP contribution in [0.25, 0.3) is 0 Å². The minimum atomic E-state index is -1.24. The fourth-order valence-corrected chi connectivity index (χ4v) is 14.5. The van der Waals surface area contributed by atoms with Gasteiger partial charge >= 0.3 is 5.97 Å². The maximum absolute atomic E-state index is 13.9. The Labute approximate surface area is 290 Å². The standard InChI is InChI=1S/C43H66FNO3/c1-28(2)30-13-22-43(45-26-25-42(48)16-8-17-42)24-23-39(6)32(35(30)43)9-10-34-38(5)18-14-31(37(3,4)33(38)15-19-40(34,39)7)29-11-20-41(27-44,21-12-29)36(46)47/h11,14,30,32-35,45,48H,1,8-10,12-13,15-27H2,2-7H3,(H,46,47)/t30?,32-,33+,34-,35-,38+,39-,40-,41+,43+/m1/s1. The highest BCUT2D eigenvalue weighted by molar-refractivity contribution is 5.75. The molecule has 7 aliphatic carbocycles. The molecule has 4 nitrogen and oxygen atoms in total. The number of carbonyl (C=O) groups is 1. The van der Waals surface area contributed by atoms with Gasteiger partial charge in [0.25, 0.3) is 0 Å². The molecule has 0 aromatic heterocycles. The molecule has 0 bridgehead atoms. The number of aliphatic hydroxyl groups is 1. The van der Waals surface area contributed by atoms with Crippen LogP contribution in [0.2, 0.25) is 0 Å². The van der Waals surface area contributed by atoms with Gasteiger partial charge in [-0.2, -0.15) is 0 Å². The lowest BCUT2D eigenvalue weighted by molar-refractivity contribution is -0.221. The molecule has 5 saturated carbocycles. The molecule has 7 rings (SSSR count). The summed E-state index contributed by atoms with van der Waals surface area (Å²) in [5.74, 6) is 2.16. The summed E-state index contributed by atoms with van der Waals surface area (Å²) in [6.45, 7) is 20.0. The van der Waals surface area contributed by atoms with Crippen molar-refractivity contribution >= 4 is 5.97 Å². The second-order valence-corrected chi connectivity index (χ2v) is 19.8. The van der Waals surface area contributed by atoms with E-state index in [9.17, 15) is 19.4 Å². The molecule has 0 aliphatic heterocycles. The first-order chi connectivity index (χ1) is 22.5. The van der Waals surface area contributed by atoms with Gasteiger partial charge in [0.15, 0.2) is 0 Å². The number of hydrogen-bond acceptors (Lipinski definition) is 3. The molecule has 1 unspecified atom stereocenters. The molecule has 5 fully saturated rings. The molecule has 48 heavy (non-hydrogen) atoms. The Morgan fingerprint density at radius 1 is 0.917 bits per heavy atom. The summed E-state index contributed by atoms with van der Waals surface area (Å²) in [5, 5.41) is 24.9. The molecular formula is C43H66FNO3. The molecule has 3 N–H and O–H groups in total. The van der Waals surface area contributed by atoms with E-state index < -0.39 is 23.7 Å². The zero-order chi connectivity index (χ0) is 34.5. The molecule has 0 spiro atoms. The van der Waals surface area contributed by atoms with Crippen LogP contribution in [0.15, 0.2) is 35.5 Å². The van der Waals surface area contributed by atoms with E-state index in [1.807, 2.05) is 0 Å². The smallest absolute Gasteiger partial charge is 0.312 e. The number of alkyl halides is 1. The van der Waals surface area contributed by atoms with Gasteiger partial charge in [-0.25, -0.2) is 4.39 Å². The van der Waals surface area contributed by atoms with Crippen molar-refractivity contribution in [3.63, 3.8) is 0 Å². The molecule has 0 heterocycles. The normalized spacial score (nSPS) is 47.3. The van der Waals surface area contributed by atoms with Crippen molar-refractivity contribution in [3.8, 4) is 0 Å². The van der Waals surface area contributed by atoms with Gasteiger partial charge in [-0.15, -0.1) is 0 Å². The lowest BCUT2D eigenvalue weighted by Crippen LogP contribution is -2.68.